The number of amides is 1. The molecule has 0 aliphatic heterocycles. The number of aryl methyl sites for hydroxylation is 1. The van der Waals surface area contributed by atoms with E-state index in [0.29, 0.717) is 18.1 Å². The van der Waals surface area contributed by atoms with Gasteiger partial charge in [-0.3, -0.25) is 9.48 Å². The van der Waals surface area contributed by atoms with Crippen LogP contribution in [0, 0.1) is 0 Å². The number of carbonyl (C=O) groups excluding carboxylic acids is 1. The molecule has 3 aromatic rings. The zero-order chi connectivity index (χ0) is 16.1. The maximum atomic E-state index is 12.2. The summed E-state index contributed by atoms with van der Waals surface area (Å²) in [6.45, 7) is 0.473. The normalized spacial score (nSPS) is 10.3. The van der Waals surface area contributed by atoms with Crippen LogP contribution in [0.4, 0.5) is 11.6 Å². The van der Waals surface area contributed by atoms with Crippen molar-refractivity contribution >= 4 is 17.5 Å². The number of benzene rings is 1. The molecule has 0 unspecified atom stereocenters. The molecule has 6 nitrogen and oxygen atoms in total. The van der Waals surface area contributed by atoms with E-state index in [0.717, 1.165) is 11.4 Å². The zero-order valence-corrected chi connectivity index (χ0v) is 12.7. The second-order valence-electron chi connectivity index (χ2n) is 5.04. The number of aromatic nitrogens is 3. The van der Waals surface area contributed by atoms with Gasteiger partial charge in [0.15, 0.2) is 0 Å². The number of hydrogen-bond acceptors (Lipinski definition) is 4. The van der Waals surface area contributed by atoms with Gasteiger partial charge in [0.05, 0.1) is 6.20 Å². The minimum Gasteiger partial charge on any atom is -0.347 e. The molecule has 0 spiro atoms. The van der Waals surface area contributed by atoms with Gasteiger partial charge in [0.25, 0.3) is 5.91 Å². The van der Waals surface area contributed by atoms with Crippen LogP contribution in [0.2, 0.25) is 0 Å². The van der Waals surface area contributed by atoms with Crippen molar-refractivity contribution in [2.24, 2.45) is 7.05 Å². The van der Waals surface area contributed by atoms with Crippen molar-refractivity contribution in [3.63, 3.8) is 0 Å². The molecule has 0 radical (unpaired) electrons. The summed E-state index contributed by atoms with van der Waals surface area (Å²) in [4.78, 5) is 16.6. The highest BCUT2D eigenvalue weighted by molar-refractivity contribution is 5.92. The van der Waals surface area contributed by atoms with Crippen LogP contribution in [-0.2, 0) is 13.6 Å². The number of nitrogens with one attached hydrogen (secondary N) is 2. The molecule has 0 fully saturated rings. The van der Waals surface area contributed by atoms with E-state index in [1.807, 2.05) is 43.4 Å². The topological polar surface area (TPSA) is 71.8 Å². The average molecular weight is 307 g/mol. The predicted octanol–water partition coefficient (Wildman–Crippen LogP) is 2.49. The first kappa shape index (κ1) is 14.8. The molecule has 0 aliphatic rings. The lowest BCUT2D eigenvalue weighted by atomic mass is 10.2. The van der Waals surface area contributed by atoms with Crippen LogP contribution in [0.3, 0.4) is 0 Å². The van der Waals surface area contributed by atoms with E-state index in [-0.39, 0.29) is 5.91 Å². The number of hydrogen-bond donors (Lipinski definition) is 2. The first-order chi connectivity index (χ1) is 11.2. The van der Waals surface area contributed by atoms with E-state index in [1.165, 1.54) is 0 Å². The molecule has 0 bridgehead atoms. The molecule has 23 heavy (non-hydrogen) atoms. The zero-order valence-electron chi connectivity index (χ0n) is 12.7. The Morgan fingerprint density at radius 3 is 2.65 bits per heavy atom. The molecule has 2 aromatic heterocycles. The monoisotopic (exact) mass is 307 g/mol. The number of nitrogens with zero attached hydrogens (tertiary/aromatic N) is 3. The average Bonchev–Trinajstić information content (AvgIpc) is 2.99. The van der Waals surface area contributed by atoms with E-state index >= 15 is 0 Å². The lowest BCUT2D eigenvalue weighted by Crippen LogP contribution is -2.23. The molecule has 2 heterocycles. The van der Waals surface area contributed by atoms with Gasteiger partial charge >= 0.3 is 0 Å². The maximum Gasteiger partial charge on any atom is 0.270 e. The van der Waals surface area contributed by atoms with Crippen molar-refractivity contribution in [1.82, 2.24) is 20.1 Å². The Balaban J connectivity index is 1.67. The third-order valence-corrected chi connectivity index (χ3v) is 3.35. The van der Waals surface area contributed by atoms with Crippen LogP contribution in [0.5, 0.6) is 0 Å². The SMILES string of the molecule is Cn1nccc1Nc1cccc(C(=O)NCc2ccccc2)n1. The van der Waals surface area contributed by atoms with Gasteiger partial charge in [-0.15, -0.1) is 0 Å². The lowest BCUT2D eigenvalue weighted by molar-refractivity contribution is 0.0946. The van der Waals surface area contributed by atoms with Crippen molar-refractivity contribution in [2.45, 2.75) is 6.54 Å². The molecule has 116 valence electrons. The second kappa shape index (κ2) is 6.74. The van der Waals surface area contributed by atoms with Crippen molar-refractivity contribution in [3.8, 4) is 0 Å². The van der Waals surface area contributed by atoms with E-state index in [4.69, 9.17) is 0 Å². The highest BCUT2D eigenvalue weighted by atomic mass is 16.1. The van der Waals surface area contributed by atoms with Gasteiger partial charge in [-0.05, 0) is 17.7 Å². The number of rotatable bonds is 5. The molecular formula is C17H17N5O. The molecule has 1 aromatic carbocycles. The second-order valence-corrected chi connectivity index (χ2v) is 5.04. The highest BCUT2D eigenvalue weighted by Crippen LogP contribution is 2.13. The smallest absolute Gasteiger partial charge is 0.270 e. The Kier molecular flexibility index (Phi) is 4.33. The highest BCUT2D eigenvalue weighted by Gasteiger charge is 2.08. The van der Waals surface area contributed by atoms with E-state index in [9.17, 15) is 4.79 Å². The fraction of sp³-hybridized carbons (Fsp3) is 0.118. The molecule has 2 N–H and O–H groups in total. The number of anilines is 2. The summed E-state index contributed by atoms with van der Waals surface area (Å²) in [5.41, 5.74) is 1.41. The Labute approximate surface area is 134 Å². The Morgan fingerprint density at radius 1 is 1.09 bits per heavy atom. The first-order valence-electron chi connectivity index (χ1n) is 7.26. The minimum atomic E-state index is -0.206. The molecular weight excluding hydrogens is 290 g/mol. The molecule has 0 saturated carbocycles. The summed E-state index contributed by atoms with van der Waals surface area (Å²) in [7, 11) is 1.83. The van der Waals surface area contributed by atoms with E-state index in [1.54, 1.807) is 29.1 Å². The third kappa shape index (κ3) is 3.74. The van der Waals surface area contributed by atoms with Crippen LogP contribution in [0.25, 0.3) is 0 Å². The summed E-state index contributed by atoms with van der Waals surface area (Å²) in [5, 5.41) is 10.1. The quantitative estimate of drug-likeness (QED) is 0.759. The Bertz CT molecular complexity index is 798. The minimum absolute atomic E-state index is 0.206. The van der Waals surface area contributed by atoms with E-state index < -0.39 is 0 Å². The van der Waals surface area contributed by atoms with Gasteiger partial charge in [-0.1, -0.05) is 36.4 Å². The van der Waals surface area contributed by atoms with Gasteiger partial charge in [-0.2, -0.15) is 5.10 Å². The predicted molar refractivity (Wildman–Crippen MR) is 88.3 cm³/mol. The Morgan fingerprint density at radius 2 is 1.91 bits per heavy atom. The van der Waals surface area contributed by atoms with Crippen LogP contribution in [0.1, 0.15) is 16.1 Å². The largest absolute Gasteiger partial charge is 0.347 e. The number of carbonyl (C=O) groups is 1. The summed E-state index contributed by atoms with van der Waals surface area (Å²) >= 11 is 0. The van der Waals surface area contributed by atoms with Gasteiger partial charge in [-0.25, -0.2) is 4.98 Å². The number of pyridine rings is 1. The first-order valence-corrected chi connectivity index (χ1v) is 7.26. The van der Waals surface area contributed by atoms with Gasteiger partial charge in [0.2, 0.25) is 0 Å². The third-order valence-electron chi connectivity index (χ3n) is 3.35. The molecule has 0 atom stereocenters. The van der Waals surface area contributed by atoms with Crippen LogP contribution < -0.4 is 10.6 Å². The summed E-state index contributed by atoms with van der Waals surface area (Å²) in [6, 6.07) is 16.9. The molecule has 0 saturated heterocycles. The van der Waals surface area contributed by atoms with E-state index in [2.05, 4.69) is 20.7 Å². The van der Waals surface area contributed by atoms with Crippen molar-refractivity contribution in [1.29, 1.82) is 0 Å². The van der Waals surface area contributed by atoms with Gasteiger partial charge in [0.1, 0.15) is 17.3 Å². The van der Waals surface area contributed by atoms with Crippen LogP contribution in [-0.4, -0.2) is 20.7 Å². The van der Waals surface area contributed by atoms with Crippen molar-refractivity contribution < 1.29 is 4.79 Å². The Hall–Kier alpha value is -3.15. The van der Waals surface area contributed by atoms with Crippen LogP contribution in [0.15, 0.2) is 60.8 Å². The summed E-state index contributed by atoms with van der Waals surface area (Å²) < 4.78 is 1.70. The lowest BCUT2D eigenvalue weighted by Gasteiger charge is -2.08. The summed E-state index contributed by atoms with van der Waals surface area (Å²) in [6.07, 6.45) is 1.69. The molecule has 0 aliphatic carbocycles. The fourth-order valence-corrected chi connectivity index (χ4v) is 2.13. The van der Waals surface area contributed by atoms with Crippen LogP contribution >= 0.6 is 0 Å². The molecule has 6 heteroatoms. The molecule has 3 rings (SSSR count). The van der Waals surface area contributed by atoms with Gasteiger partial charge < -0.3 is 10.6 Å². The summed E-state index contributed by atoms with van der Waals surface area (Å²) in [5.74, 6) is 1.20. The van der Waals surface area contributed by atoms with Crippen molar-refractivity contribution in [3.05, 3.63) is 72.1 Å². The van der Waals surface area contributed by atoms with Crippen molar-refractivity contribution in [2.75, 3.05) is 5.32 Å². The molecule has 1 amide bonds. The maximum absolute atomic E-state index is 12.2. The fourth-order valence-electron chi connectivity index (χ4n) is 2.13. The van der Waals surface area contributed by atoms with Gasteiger partial charge in [0, 0.05) is 19.7 Å². The standard InChI is InChI=1S/C17H17N5O/c1-22-16(10-11-19-22)21-15-9-5-8-14(20-15)17(23)18-12-13-6-3-2-4-7-13/h2-11H,12H2,1H3,(H,18,23)(H,20,21).